The zero-order valence-corrected chi connectivity index (χ0v) is 16.6. The molecule has 5 nitrogen and oxygen atoms in total. The number of hydrogen-bond donors (Lipinski definition) is 0. The molecule has 0 spiro atoms. The summed E-state index contributed by atoms with van der Waals surface area (Å²) >= 11 is 7.48. The van der Waals surface area contributed by atoms with Crippen molar-refractivity contribution in [3.05, 3.63) is 58.9 Å². The molecular weight excluding hydrogens is 384 g/mol. The van der Waals surface area contributed by atoms with Crippen LogP contribution < -0.4 is 9.64 Å². The van der Waals surface area contributed by atoms with E-state index in [1.807, 2.05) is 58.8 Å². The first-order valence-electron chi connectivity index (χ1n) is 8.30. The second-order valence-corrected chi connectivity index (χ2v) is 6.97. The van der Waals surface area contributed by atoms with Crippen LogP contribution in [0.1, 0.15) is 6.42 Å². The third kappa shape index (κ3) is 4.78. The Bertz CT molecular complexity index is 894. The third-order valence-corrected chi connectivity index (χ3v) is 5.13. The van der Waals surface area contributed by atoms with E-state index >= 15 is 0 Å². The Kier molecular flexibility index (Phi) is 6.32. The molecule has 0 fully saturated rings. The van der Waals surface area contributed by atoms with E-state index < -0.39 is 0 Å². The van der Waals surface area contributed by atoms with E-state index in [1.54, 1.807) is 7.11 Å². The van der Waals surface area contributed by atoms with E-state index in [0.717, 1.165) is 27.8 Å². The highest BCUT2D eigenvalue weighted by Gasteiger charge is 2.16. The summed E-state index contributed by atoms with van der Waals surface area (Å²) in [6.07, 6.45) is 0.262. The summed E-state index contributed by atoms with van der Waals surface area (Å²) in [7, 11) is 3.02. The molecule has 2 aromatic carbocycles. The average Bonchev–Trinajstić information content (AvgIpc) is 3.18. The van der Waals surface area contributed by atoms with Crippen molar-refractivity contribution in [1.29, 1.82) is 0 Å². The summed E-state index contributed by atoms with van der Waals surface area (Å²) in [5.41, 5.74) is 2.78. The number of rotatable bonds is 7. The van der Waals surface area contributed by atoms with Gasteiger partial charge in [-0.15, -0.1) is 11.3 Å². The lowest BCUT2D eigenvalue weighted by Gasteiger charge is -2.21. The molecule has 1 heterocycles. The topological polar surface area (TPSA) is 51.7 Å². The number of thiazole rings is 1. The maximum atomic E-state index is 11.6. The monoisotopic (exact) mass is 402 g/mol. The van der Waals surface area contributed by atoms with E-state index in [1.165, 1.54) is 18.4 Å². The first-order chi connectivity index (χ1) is 13.1. The fourth-order valence-electron chi connectivity index (χ4n) is 2.54. The van der Waals surface area contributed by atoms with Crippen molar-refractivity contribution in [2.75, 3.05) is 25.7 Å². The van der Waals surface area contributed by atoms with Gasteiger partial charge in [0.15, 0.2) is 5.13 Å². The molecule has 0 saturated heterocycles. The van der Waals surface area contributed by atoms with Crippen LogP contribution in [-0.2, 0) is 9.53 Å². The van der Waals surface area contributed by atoms with Crippen LogP contribution in [0, 0.1) is 0 Å². The molecule has 1 aromatic heterocycles. The number of ether oxygens (including phenoxy) is 2. The number of nitrogens with zero attached hydrogens (tertiary/aromatic N) is 2. The van der Waals surface area contributed by atoms with Crippen molar-refractivity contribution in [2.24, 2.45) is 0 Å². The van der Waals surface area contributed by atoms with Gasteiger partial charge in [0.25, 0.3) is 0 Å². The molecule has 0 radical (unpaired) electrons. The van der Waals surface area contributed by atoms with E-state index in [4.69, 9.17) is 26.1 Å². The van der Waals surface area contributed by atoms with Crippen molar-refractivity contribution < 1.29 is 14.3 Å². The summed E-state index contributed by atoms with van der Waals surface area (Å²) in [5, 5.41) is 3.48. The summed E-state index contributed by atoms with van der Waals surface area (Å²) < 4.78 is 10.0. The Labute approximate surface area is 167 Å². The molecule has 0 atom stereocenters. The highest BCUT2D eigenvalue weighted by atomic mass is 35.5. The molecule has 3 rings (SSSR count). The second kappa shape index (κ2) is 8.88. The second-order valence-electron chi connectivity index (χ2n) is 5.70. The van der Waals surface area contributed by atoms with Crippen LogP contribution in [0.2, 0.25) is 5.02 Å². The molecule has 0 aliphatic rings. The van der Waals surface area contributed by atoms with Crippen LogP contribution in [0.25, 0.3) is 11.3 Å². The Morgan fingerprint density at radius 2 is 1.81 bits per heavy atom. The van der Waals surface area contributed by atoms with Gasteiger partial charge < -0.3 is 14.4 Å². The quantitative estimate of drug-likeness (QED) is 0.510. The van der Waals surface area contributed by atoms with Crippen molar-refractivity contribution in [3.8, 4) is 17.0 Å². The number of anilines is 2. The van der Waals surface area contributed by atoms with Gasteiger partial charge in [-0.1, -0.05) is 23.7 Å². The van der Waals surface area contributed by atoms with E-state index in [-0.39, 0.29) is 12.4 Å². The molecule has 0 aliphatic carbocycles. The van der Waals surface area contributed by atoms with Gasteiger partial charge in [-0.25, -0.2) is 4.98 Å². The van der Waals surface area contributed by atoms with Gasteiger partial charge in [0.05, 0.1) is 26.3 Å². The summed E-state index contributed by atoms with van der Waals surface area (Å²) in [5.74, 6) is 0.510. The molecule has 0 amide bonds. The van der Waals surface area contributed by atoms with E-state index in [0.29, 0.717) is 11.6 Å². The number of carbonyl (C=O) groups excluding carboxylic acids is 1. The zero-order chi connectivity index (χ0) is 19.2. The molecule has 7 heteroatoms. The largest absolute Gasteiger partial charge is 0.497 e. The number of benzene rings is 2. The van der Waals surface area contributed by atoms with Crippen LogP contribution in [0.15, 0.2) is 53.9 Å². The fraction of sp³-hybridized carbons (Fsp3) is 0.200. The predicted molar refractivity (Wildman–Crippen MR) is 109 cm³/mol. The Hall–Kier alpha value is -2.57. The van der Waals surface area contributed by atoms with E-state index in [9.17, 15) is 4.79 Å². The SMILES string of the molecule is COC(=O)CCN(c1ccc(OC)cc1)c1nc(-c2ccc(Cl)cc2)cs1. The zero-order valence-electron chi connectivity index (χ0n) is 15.0. The molecule has 0 aliphatic heterocycles. The summed E-state index contributed by atoms with van der Waals surface area (Å²) in [6.45, 7) is 0.465. The Morgan fingerprint density at radius 3 is 2.44 bits per heavy atom. The average molecular weight is 403 g/mol. The lowest BCUT2D eigenvalue weighted by atomic mass is 10.2. The lowest BCUT2D eigenvalue weighted by Crippen LogP contribution is -2.21. The maximum Gasteiger partial charge on any atom is 0.307 e. The first kappa shape index (κ1) is 19.2. The van der Waals surface area contributed by atoms with Gasteiger partial charge >= 0.3 is 5.97 Å². The highest BCUT2D eigenvalue weighted by Crippen LogP contribution is 2.33. The molecule has 0 bridgehead atoms. The number of halogens is 1. The molecule has 0 saturated carbocycles. The van der Waals surface area contributed by atoms with Gasteiger partial charge in [-0.3, -0.25) is 4.79 Å². The van der Waals surface area contributed by atoms with Gasteiger partial charge in [-0.2, -0.15) is 0 Å². The normalized spacial score (nSPS) is 10.5. The van der Waals surface area contributed by atoms with Crippen LogP contribution in [0.4, 0.5) is 10.8 Å². The van der Waals surface area contributed by atoms with Crippen molar-refractivity contribution >= 4 is 39.7 Å². The fourth-order valence-corrected chi connectivity index (χ4v) is 3.55. The minimum Gasteiger partial charge on any atom is -0.497 e. The van der Waals surface area contributed by atoms with E-state index in [2.05, 4.69) is 0 Å². The van der Waals surface area contributed by atoms with Gasteiger partial charge in [0, 0.05) is 28.2 Å². The number of methoxy groups -OCH3 is 2. The number of carbonyl (C=O) groups is 1. The molecule has 140 valence electrons. The molecule has 0 N–H and O–H groups in total. The first-order valence-corrected chi connectivity index (χ1v) is 9.56. The number of esters is 1. The lowest BCUT2D eigenvalue weighted by molar-refractivity contribution is -0.140. The molecule has 3 aromatic rings. The van der Waals surface area contributed by atoms with Crippen molar-refractivity contribution in [1.82, 2.24) is 4.98 Å². The minimum atomic E-state index is -0.261. The maximum absolute atomic E-state index is 11.6. The summed E-state index contributed by atoms with van der Waals surface area (Å²) in [4.78, 5) is 18.4. The Morgan fingerprint density at radius 1 is 1.11 bits per heavy atom. The number of hydrogen-bond acceptors (Lipinski definition) is 6. The van der Waals surface area contributed by atoms with Crippen LogP contribution in [-0.4, -0.2) is 31.7 Å². The van der Waals surface area contributed by atoms with Gasteiger partial charge in [0.2, 0.25) is 0 Å². The third-order valence-electron chi connectivity index (χ3n) is 4.01. The molecule has 0 unspecified atom stereocenters. The van der Waals surface area contributed by atoms with Crippen LogP contribution in [0.5, 0.6) is 5.75 Å². The van der Waals surface area contributed by atoms with Crippen molar-refractivity contribution in [2.45, 2.75) is 6.42 Å². The smallest absolute Gasteiger partial charge is 0.307 e. The Balaban J connectivity index is 1.89. The van der Waals surface area contributed by atoms with Crippen LogP contribution in [0.3, 0.4) is 0 Å². The highest BCUT2D eigenvalue weighted by molar-refractivity contribution is 7.14. The minimum absolute atomic E-state index is 0.261. The molecular formula is C20H19ClN2O3S. The predicted octanol–water partition coefficient (Wildman–Crippen LogP) is 5.17. The van der Waals surface area contributed by atoms with Crippen LogP contribution >= 0.6 is 22.9 Å². The van der Waals surface area contributed by atoms with Gasteiger partial charge in [-0.05, 0) is 36.4 Å². The molecule has 27 heavy (non-hydrogen) atoms. The van der Waals surface area contributed by atoms with Crippen molar-refractivity contribution in [3.63, 3.8) is 0 Å². The standard InChI is InChI=1S/C20H19ClN2O3S/c1-25-17-9-7-16(8-10-17)23(12-11-19(24)26-2)20-22-18(13-27-20)14-3-5-15(21)6-4-14/h3-10,13H,11-12H2,1-2H3. The number of aromatic nitrogens is 1. The van der Waals surface area contributed by atoms with Gasteiger partial charge in [0.1, 0.15) is 5.75 Å². The summed E-state index contributed by atoms with van der Waals surface area (Å²) in [6, 6.07) is 15.2.